The minimum atomic E-state index is -0.798. The van der Waals surface area contributed by atoms with E-state index in [-0.39, 0.29) is 37.5 Å². The van der Waals surface area contributed by atoms with Crippen LogP contribution >= 0.6 is 0 Å². The van der Waals surface area contributed by atoms with Crippen LogP contribution in [0.5, 0.6) is 0 Å². The molecular weight excluding hydrogens is 805 g/mol. The first-order valence-corrected chi connectivity index (χ1v) is 27.1. The molecule has 0 radical (unpaired) electrons. The number of esters is 3. The Labute approximate surface area is 401 Å². The van der Waals surface area contributed by atoms with Crippen LogP contribution in [-0.2, 0) is 28.6 Å². The van der Waals surface area contributed by atoms with E-state index >= 15 is 0 Å². The molecule has 0 aliphatic heterocycles. The molecule has 0 heterocycles. The highest BCUT2D eigenvalue weighted by atomic mass is 16.6. The van der Waals surface area contributed by atoms with Crippen molar-refractivity contribution in [3.05, 3.63) is 85.1 Å². The first kappa shape index (κ1) is 61.6. The molecule has 0 rings (SSSR count). The zero-order valence-corrected chi connectivity index (χ0v) is 42.5. The maximum atomic E-state index is 12.8. The van der Waals surface area contributed by atoms with Gasteiger partial charge in [0, 0.05) is 19.3 Å². The van der Waals surface area contributed by atoms with E-state index in [2.05, 4.69) is 106 Å². The normalized spacial score (nSPS) is 12.7. The maximum Gasteiger partial charge on any atom is 0.306 e. The summed E-state index contributed by atoms with van der Waals surface area (Å²) in [4.78, 5) is 38.0. The van der Waals surface area contributed by atoms with Crippen molar-refractivity contribution < 1.29 is 28.6 Å². The third kappa shape index (κ3) is 51.4. The summed E-state index contributed by atoms with van der Waals surface area (Å²) in [6.07, 6.45) is 68.6. The molecule has 6 nitrogen and oxygen atoms in total. The van der Waals surface area contributed by atoms with Crippen molar-refractivity contribution in [3.8, 4) is 0 Å². The molecule has 0 amide bonds. The van der Waals surface area contributed by atoms with Crippen molar-refractivity contribution in [2.45, 2.75) is 258 Å². The van der Waals surface area contributed by atoms with Crippen LogP contribution in [0.4, 0.5) is 0 Å². The highest BCUT2D eigenvalue weighted by Gasteiger charge is 2.19. The van der Waals surface area contributed by atoms with Crippen molar-refractivity contribution in [3.63, 3.8) is 0 Å². The molecule has 372 valence electrons. The van der Waals surface area contributed by atoms with E-state index < -0.39 is 6.10 Å². The molecule has 0 N–H and O–H groups in total. The van der Waals surface area contributed by atoms with Crippen LogP contribution in [0.1, 0.15) is 252 Å². The molecule has 0 bridgehead atoms. The number of ether oxygens (including phenoxy) is 3. The molecule has 0 spiro atoms. The van der Waals surface area contributed by atoms with Gasteiger partial charge in [0.1, 0.15) is 13.2 Å². The van der Waals surface area contributed by atoms with Crippen LogP contribution in [-0.4, -0.2) is 37.2 Å². The highest BCUT2D eigenvalue weighted by molar-refractivity contribution is 5.71. The van der Waals surface area contributed by atoms with Crippen molar-refractivity contribution >= 4 is 17.9 Å². The standard InChI is InChI=1S/C59H100O6/c1-4-7-10-13-16-19-22-24-25-26-27-28-29-30-31-32-33-35-37-40-43-46-49-52-58(61)64-55-56(54-63-57(60)51-48-45-42-39-36-21-18-15-12-9-6-3)65-59(62)53-50-47-44-41-38-34-23-20-17-14-11-8-5-2/h8,11,15,17-18,20,22,24,26-27,29-30,34,38,56H,4-7,9-10,12-14,16,19,21,23,25,28,31-33,35-37,39-55H2,1-3H3/b11-8-,18-15-,20-17-,24-22-,27-26-,30-29-,38-34-. The van der Waals surface area contributed by atoms with Crippen molar-refractivity contribution in [2.75, 3.05) is 13.2 Å². The number of hydrogen-bond donors (Lipinski definition) is 0. The number of rotatable bonds is 48. The molecule has 0 aliphatic rings. The van der Waals surface area contributed by atoms with Gasteiger partial charge in [-0.05, 0) is 109 Å². The molecule has 0 aliphatic carbocycles. The third-order valence-electron chi connectivity index (χ3n) is 11.4. The van der Waals surface area contributed by atoms with Gasteiger partial charge in [0.25, 0.3) is 0 Å². The van der Waals surface area contributed by atoms with Crippen LogP contribution in [0.2, 0.25) is 0 Å². The fourth-order valence-corrected chi connectivity index (χ4v) is 7.27. The summed E-state index contributed by atoms with van der Waals surface area (Å²) in [7, 11) is 0. The van der Waals surface area contributed by atoms with Crippen molar-refractivity contribution in [2.24, 2.45) is 0 Å². The Morgan fingerprint density at radius 3 is 1.02 bits per heavy atom. The van der Waals surface area contributed by atoms with E-state index in [1.165, 1.54) is 96.3 Å². The van der Waals surface area contributed by atoms with Crippen molar-refractivity contribution in [1.82, 2.24) is 0 Å². The Bertz CT molecular complexity index is 1270. The first-order valence-electron chi connectivity index (χ1n) is 27.1. The second-order valence-electron chi connectivity index (χ2n) is 17.7. The largest absolute Gasteiger partial charge is 0.462 e. The first-order chi connectivity index (χ1) is 32.0. The fourth-order valence-electron chi connectivity index (χ4n) is 7.27. The van der Waals surface area contributed by atoms with Crippen LogP contribution < -0.4 is 0 Å². The van der Waals surface area contributed by atoms with E-state index in [0.29, 0.717) is 12.8 Å². The molecule has 1 unspecified atom stereocenters. The molecular formula is C59H100O6. The van der Waals surface area contributed by atoms with Gasteiger partial charge in [-0.25, -0.2) is 0 Å². The number of allylic oxidation sites excluding steroid dienone is 14. The zero-order valence-electron chi connectivity index (χ0n) is 42.5. The summed E-state index contributed by atoms with van der Waals surface area (Å²) < 4.78 is 16.8. The van der Waals surface area contributed by atoms with Gasteiger partial charge in [-0.15, -0.1) is 0 Å². The predicted molar refractivity (Wildman–Crippen MR) is 279 cm³/mol. The van der Waals surface area contributed by atoms with E-state index in [1.807, 2.05) is 0 Å². The second kappa shape index (κ2) is 53.2. The summed E-state index contributed by atoms with van der Waals surface area (Å²) in [5.74, 6) is -0.942. The fraction of sp³-hybridized carbons (Fsp3) is 0.712. The Balaban J connectivity index is 4.33. The lowest BCUT2D eigenvalue weighted by molar-refractivity contribution is -0.167. The van der Waals surface area contributed by atoms with Crippen LogP contribution in [0.3, 0.4) is 0 Å². The van der Waals surface area contributed by atoms with Gasteiger partial charge in [-0.2, -0.15) is 0 Å². The number of carbonyl (C=O) groups is 3. The van der Waals surface area contributed by atoms with E-state index in [1.54, 1.807) is 0 Å². The smallest absolute Gasteiger partial charge is 0.306 e. The molecule has 1 atom stereocenters. The molecule has 0 fully saturated rings. The van der Waals surface area contributed by atoms with Gasteiger partial charge in [0.2, 0.25) is 0 Å². The number of unbranched alkanes of at least 4 members (excludes halogenated alkanes) is 23. The Morgan fingerprint density at radius 1 is 0.323 bits per heavy atom. The van der Waals surface area contributed by atoms with Crippen molar-refractivity contribution in [1.29, 1.82) is 0 Å². The number of hydrogen-bond acceptors (Lipinski definition) is 6. The van der Waals surface area contributed by atoms with Gasteiger partial charge < -0.3 is 14.2 Å². The summed E-state index contributed by atoms with van der Waals surface area (Å²) in [6.45, 7) is 6.43. The van der Waals surface area contributed by atoms with Gasteiger partial charge in [-0.3, -0.25) is 14.4 Å². The highest BCUT2D eigenvalue weighted by Crippen LogP contribution is 2.14. The quantitative estimate of drug-likeness (QED) is 0.0262. The van der Waals surface area contributed by atoms with E-state index in [4.69, 9.17) is 14.2 Å². The summed E-state index contributed by atoms with van der Waals surface area (Å²) in [6, 6.07) is 0. The summed E-state index contributed by atoms with van der Waals surface area (Å²) in [5.41, 5.74) is 0. The number of carbonyl (C=O) groups excluding carboxylic acids is 3. The molecule has 0 saturated carbocycles. The summed E-state index contributed by atoms with van der Waals surface area (Å²) >= 11 is 0. The molecule has 0 saturated heterocycles. The Morgan fingerprint density at radius 2 is 0.615 bits per heavy atom. The van der Waals surface area contributed by atoms with Crippen LogP contribution in [0.15, 0.2) is 85.1 Å². The van der Waals surface area contributed by atoms with E-state index in [9.17, 15) is 14.4 Å². The van der Waals surface area contributed by atoms with Crippen LogP contribution in [0.25, 0.3) is 0 Å². The average Bonchev–Trinajstić information content (AvgIpc) is 3.30. The van der Waals surface area contributed by atoms with Crippen LogP contribution in [0, 0.1) is 0 Å². The predicted octanol–water partition coefficient (Wildman–Crippen LogP) is 18.0. The lowest BCUT2D eigenvalue weighted by atomic mass is 10.1. The monoisotopic (exact) mass is 905 g/mol. The van der Waals surface area contributed by atoms with Gasteiger partial charge in [0.05, 0.1) is 0 Å². The van der Waals surface area contributed by atoms with Gasteiger partial charge in [-0.1, -0.05) is 209 Å². The molecule has 0 aromatic carbocycles. The summed E-state index contributed by atoms with van der Waals surface area (Å²) in [5, 5.41) is 0. The van der Waals surface area contributed by atoms with Gasteiger partial charge in [0.15, 0.2) is 6.10 Å². The Kier molecular flexibility index (Phi) is 50.4. The minimum absolute atomic E-state index is 0.0955. The average molecular weight is 905 g/mol. The lowest BCUT2D eigenvalue weighted by Crippen LogP contribution is -2.30. The molecule has 6 heteroatoms. The SMILES string of the molecule is CC/C=C\C/C=C\C/C=C\CCCCCC(=O)OC(COC(=O)CCCCCCC/C=C\CCCC)COC(=O)CCCCCCCCCC/C=C\C/C=C\C/C=C\CCCCCCC. The Hall–Kier alpha value is -3.41. The zero-order chi connectivity index (χ0) is 47.2. The maximum absolute atomic E-state index is 12.8. The molecule has 0 aromatic rings. The molecule has 0 aromatic heterocycles. The lowest BCUT2D eigenvalue weighted by Gasteiger charge is -2.18. The third-order valence-corrected chi connectivity index (χ3v) is 11.4. The molecule has 65 heavy (non-hydrogen) atoms. The topological polar surface area (TPSA) is 78.9 Å². The minimum Gasteiger partial charge on any atom is -0.462 e. The van der Waals surface area contributed by atoms with E-state index in [0.717, 1.165) is 116 Å². The second-order valence-corrected chi connectivity index (χ2v) is 17.7. The van der Waals surface area contributed by atoms with Gasteiger partial charge >= 0.3 is 17.9 Å².